The Kier molecular flexibility index (Phi) is 8.65. The van der Waals surface area contributed by atoms with Gasteiger partial charge in [0.15, 0.2) is 17.4 Å². The number of phosphoric ester groups is 1. The molecule has 3 rings (SSSR count). The van der Waals surface area contributed by atoms with E-state index in [0.717, 1.165) is 0 Å². The topological polar surface area (TPSA) is 182 Å². The van der Waals surface area contributed by atoms with Gasteiger partial charge in [-0.25, -0.2) is 9.97 Å². The van der Waals surface area contributed by atoms with Crippen LogP contribution in [0.1, 0.15) is 6.23 Å². The van der Waals surface area contributed by atoms with Gasteiger partial charge in [0.05, 0.1) is 27.1 Å². The van der Waals surface area contributed by atoms with Crippen molar-refractivity contribution in [2.24, 2.45) is 7.05 Å². The van der Waals surface area contributed by atoms with Crippen LogP contribution in [0, 0.1) is 5.41 Å². The number of hydrogen-bond acceptors (Lipinski definition) is 10. The van der Waals surface area contributed by atoms with Crippen LogP contribution in [0.4, 0.5) is 0 Å². The van der Waals surface area contributed by atoms with E-state index in [1.54, 1.807) is 7.05 Å². The number of aliphatic hydroxyl groups is 2. The van der Waals surface area contributed by atoms with Crippen molar-refractivity contribution in [3.05, 3.63) is 18.1 Å². The largest absolute Gasteiger partial charge is 1.00 e. The van der Waals surface area contributed by atoms with Gasteiger partial charge in [-0.2, -0.15) is 0 Å². The zero-order valence-corrected chi connectivity index (χ0v) is 19.2. The Morgan fingerprint density at radius 2 is 1.96 bits per heavy atom. The van der Waals surface area contributed by atoms with Crippen LogP contribution in [0.5, 0.6) is 0 Å². The van der Waals surface area contributed by atoms with Crippen molar-refractivity contribution in [1.29, 1.82) is 5.41 Å². The Hall–Kier alpha value is 0.340. The summed E-state index contributed by atoms with van der Waals surface area (Å²) in [6.07, 6.45) is -2.60. The Bertz CT molecular complexity index is 870. The molecule has 2 aromatic rings. The first-order valence-corrected chi connectivity index (χ1v) is 8.26. The van der Waals surface area contributed by atoms with Crippen molar-refractivity contribution in [2.45, 2.75) is 24.5 Å². The molecule has 12 nitrogen and oxygen atoms in total. The summed E-state index contributed by atoms with van der Waals surface area (Å²) in [6.45, 7) is -0.724. The third kappa shape index (κ3) is 4.84. The molecule has 1 aliphatic rings. The fourth-order valence-electron chi connectivity index (χ4n) is 2.46. The normalized spacial score (nSPS) is 25.7. The van der Waals surface area contributed by atoms with Crippen molar-refractivity contribution in [3.8, 4) is 0 Å². The first-order valence-electron chi connectivity index (χ1n) is 6.80. The fraction of sp³-hybridized carbons (Fsp3) is 0.545. The van der Waals surface area contributed by atoms with Gasteiger partial charge in [0.1, 0.15) is 23.8 Å². The summed E-state index contributed by atoms with van der Waals surface area (Å²) < 4.78 is 22.8. The monoisotopic (exact) mass is 405 g/mol. The summed E-state index contributed by atoms with van der Waals surface area (Å²) in [4.78, 5) is 29.2. The summed E-state index contributed by atoms with van der Waals surface area (Å²) in [6, 6.07) is 0. The minimum Gasteiger partial charge on any atom is -0.790 e. The molecule has 4 atom stereocenters. The summed E-state index contributed by atoms with van der Waals surface area (Å²) in [5.74, 6) is 0. The summed E-state index contributed by atoms with van der Waals surface area (Å²) in [7, 11) is -3.61. The summed E-state index contributed by atoms with van der Waals surface area (Å²) in [5.41, 5.74) is 0.591. The predicted molar refractivity (Wildman–Crippen MR) is 71.8 cm³/mol. The quantitative estimate of drug-likeness (QED) is 0.329. The first-order chi connectivity index (χ1) is 11.2. The van der Waals surface area contributed by atoms with Crippen molar-refractivity contribution in [2.75, 3.05) is 6.61 Å². The third-order valence-corrected chi connectivity index (χ3v) is 4.17. The summed E-state index contributed by atoms with van der Waals surface area (Å²) >= 11 is 0. The zero-order chi connectivity index (χ0) is 17.6. The van der Waals surface area contributed by atoms with Crippen LogP contribution in [0.3, 0.4) is 0 Å². The van der Waals surface area contributed by atoms with Crippen LogP contribution in [-0.4, -0.2) is 54.2 Å². The maximum atomic E-state index is 10.5. The van der Waals surface area contributed by atoms with E-state index in [4.69, 9.17) is 10.1 Å². The molecule has 3 N–H and O–H groups in total. The van der Waals surface area contributed by atoms with Gasteiger partial charge in [-0.1, -0.05) is 0 Å². The van der Waals surface area contributed by atoms with E-state index in [1.807, 2.05) is 0 Å². The smallest absolute Gasteiger partial charge is 0.790 e. The second kappa shape index (κ2) is 9.23. The van der Waals surface area contributed by atoms with Gasteiger partial charge >= 0.3 is 59.1 Å². The molecule has 15 heteroatoms. The number of aryl methyl sites for hydroxylation is 1. The second-order valence-electron chi connectivity index (χ2n) is 5.32. The average Bonchev–Trinajstić information content (AvgIpc) is 3.04. The fourth-order valence-corrected chi connectivity index (χ4v) is 2.79. The number of phosphoric acid groups is 1. The number of fused-ring (bicyclic) bond motifs is 1. The molecule has 132 valence electrons. The van der Waals surface area contributed by atoms with E-state index in [-0.39, 0.29) is 75.8 Å². The van der Waals surface area contributed by atoms with Gasteiger partial charge in [-0.05, 0) is 0 Å². The Morgan fingerprint density at radius 3 is 2.58 bits per heavy atom. The SMILES string of the molecule is Cn1cnc2c(ncn2[C@@H]2O[C@H](COP(=O)([O-])[O-])[C@@H](O)[C@H]2O)c1=N.[Na+].[Na+]. The molecule has 0 saturated carbocycles. The van der Waals surface area contributed by atoms with E-state index in [9.17, 15) is 24.6 Å². The molecule has 0 spiro atoms. The average molecular weight is 405 g/mol. The molecule has 0 amide bonds. The Balaban J connectivity index is 0.00000169. The Labute approximate surface area is 191 Å². The maximum absolute atomic E-state index is 10.5. The third-order valence-electron chi connectivity index (χ3n) is 3.71. The van der Waals surface area contributed by atoms with Crippen LogP contribution >= 0.6 is 7.82 Å². The molecule has 0 radical (unpaired) electrons. The minimum absolute atomic E-state index is 0. The van der Waals surface area contributed by atoms with Crippen LogP contribution in [-0.2, 0) is 20.9 Å². The molecule has 0 bridgehead atoms. The van der Waals surface area contributed by atoms with Crippen LogP contribution in [0.2, 0.25) is 0 Å². The number of nitrogens with zero attached hydrogens (tertiary/aromatic N) is 4. The Morgan fingerprint density at radius 1 is 1.31 bits per heavy atom. The number of nitrogens with one attached hydrogen (secondary N) is 1. The molecule has 2 aromatic heterocycles. The summed E-state index contributed by atoms with van der Waals surface area (Å²) in [5, 5.41) is 28.0. The van der Waals surface area contributed by atoms with E-state index in [2.05, 4.69) is 14.5 Å². The number of ether oxygens (including phenoxy) is 1. The number of aliphatic hydroxyl groups excluding tert-OH is 2. The van der Waals surface area contributed by atoms with Gasteiger partial charge in [-0.3, -0.25) is 9.98 Å². The molecule has 26 heavy (non-hydrogen) atoms. The molecular formula is C11H14N5Na2O7P. The molecule has 1 fully saturated rings. The molecule has 3 heterocycles. The van der Waals surface area contributed by atoms with Crippen molar-refractivity contribution in [1.82, 2.24) is 19.1 Å². The predicted octanol–water partition coefficient (Wildman–Crippen LogP) is -9.28. The van der Waals surface area contributed by atoms with Gasteiger partial charge in [0.2, 0.25) is 0 Å². The second-order valence-corrected chi connectivity index (χ2v) is 6.47. The van der Waals surface area contributed by atoms with Gasteiger partial charge < -0.3 is 38.4 Å². The van der Waals surface area contributed by atoms with E-state index < -0.39 is 39.0 Å². The number of aromatic nitrogens is 4. The maximum Gasteiger partial charge on any atom is 1.00 e. The minimum atomic E-state index is -5.23. The zero-order valence-electron chi connectivity index (χ0n) is 14.3. The molecule has 0 unspecified atom stereocenters. The number of rotatable bonds is 4. The number of hydrogen-bond donors (Lipinski definition) is 3. The van der Waals surface area contributed by atoms with Crippen LogP contribution in [0.25, 0.3) is 11.2 Å². The molecular weight excluding hydrogens is 391 g/mol. The molecule has 1 saturated heterocycles. The van der Waals surface area contributed by atoms with E-state index in [1.165, 1.54) is 21.8 Å². The van der Waals surface area contributed by atoms with Gasteiger partial charge in [0.25, 0.3) is 0 Å². The van der Waals surface area contributed by atoms with Crippen LogP contribution < -0.4 is 74.4 Å². The van der Waals surface area contributed by atoms with Gasteiger partial charge in [-0.15, -0.1) is 0 Å². The standard InChI is InChI=1S/C11H16N5O7P.2Na/c1-15-3-14-10-6(9(15)12)13-4-16(10)11-8(18)7(17)5(23-11)2-22-24(19,20)21;;/h3-5,7-8,11-12,17-18H,2H2,1H3,(H2,19,20,21);;/q;2*+1/p-2/t5-,7-,8-,11-;;/m1../s1. The van der Waals surface area contributed by atoms with Crippen LogP contribution in [0.15, 0.2) is 12.7 Å². The first kappa shape index (κ1) is 24.4. The van der Waals surface area contributed by atoms with E-state index >= 15 is 0 Å². The molecule has 0 aromatic carbocycles. The van der Waals surface area contributed by atoms with Crippen molar-refractivity contribution in [3.63, 3.8) is 0 Å². The van der Waals surface area contributed by atoms with Gasteiger partial charge in [0, 0.05) is 7.05 Å². The molecule has 0 aliphatic carbocycles. The number of imidazole rings is 1. The molecule has 1 aliphatic heterocycles. The van der Waals surface area contributed by atoms with Crippen molar-refractivity contribution < 1.29 is 92.9 Å². The van der Waals surface area contributed by atoms with E-state index in [0.29, 0.717) is 0 Å². The van der Waals surface area contributed by atoms with Crippen molar-refractivity contribution >= 4 is 19.0 Å².